The van der Waals surface area contributed by atoms with Crippen molar-refractivity contribution in [2.45, 2.75) is 39.2 Å². The Kier molecular flexibility index (Phi) is 7.19. The highest BCUT2D eigenvalue weighted by Crippen LogP contribution is 2.33. The summed E-state index contributed by atoms with van der Waals surface area (Å²) in [4.78, 5) is 15.7. The van der Waals surface area contributed by atoms with Gasteiger partial charge in [-0.2, -0.15) is 5.10 Å². The minimum Gasteiger partial charge on any atom is -0.487 e. The van der Waals surface area contributed by atoms with Gasteiger partial charge in [0.2, 0.25) is 5.88 Å². The quantitative estimate of drug-likeness (QED) is 0.460. The van der Waals surface area contributed by atoms with E-state index < -0.39 is 0 Å². The van der Waals surface area contributed by atoms with Gasteiger partial charge >= 0.3 is 0 Å². The second-order valence-corrected chi connectivity index (χ2v) is 6.63. The van der Waals surface area contributed by atoms with E-state index in [1.165, 1.54) is 17.6 Å². The highest BCUT2D eigenvalue weighted by Gasteiger charge is 2.18. The largest absolute Gasteiger partial charge is 0.487 e. The number of aryl methyl sites for hydroxylation is 1. The number of methoxy groups -OCH3 is 1. The van der Waals surface area contributed by atoms with Gasteiger partial charge in [-0.3, -0.25) is 9.48 Å². The van der Waals surface area contributed by atoms with Gasteiger partial charge in [0.25, 0.3) is 0 Å². The number of aromatic nitrogens is 3. The lowest BCUT2D eigenvalue weighted by Crippen LogP contribution is -2.12. The van der Waals surface area contributed by atoms with E-state index in [0.717, 1.165) is 37.8 Å². The van der Waals surface area contributed by atoms with Crippen molar-refractivity contribution in [3.05, 3.63) is 41.4 Å². The summed E-state index contributed by atoms with van der Waals surface area (Å²) < 4.78 is 18.4. The monoisotopic (exact) mass is 385 g/mol. The molecule has 0 N–H and O–H groups in total. The summed E-state index contributed by atoms with van der Waals surface area (Å²) >= 11 is 0. The number of pyridine rings is 1. The zero-order valence-electron chi connectivity index (χ0n) is 16.5. The maximum atomic E-state index is 11.5. The van der Waals surface area contributed by atoms with Gasteiger partial charge in [-0.05, 0) is 49.8 Å². The normalized spacial score (nSPS) is 14.2. The van der Waals surface area contributed by atoms with Gasteiger partial charge in [0.05, 0.1) is 24.1 Å². The maximum Gasteiger partial charge on any atom is 0.214 e. The van der Waals surface area contributed by atoms with Crippen LogP contribution in [0.4, 0.5) is 0 Å². The Morgan fingerprint density at radius 2 is 2.07 bits per heavy atom. The molecule has 0 atom stereocenters. The third kappa shape index (κ3) is 4.78. The molecule has 7 nitrogen and oxygen atoms in total. The smallest absolute Gasteiger partial charge is 0.214 e. The van der Waals surface area contributed by atoms with E-state index in [-0.39, 0.29) is 0 Å². The van der Waals surface area contributed by atoms with Crippen LogP contribution in [-0.4, -0.2) is 48.0 Å². The van der Waals surface area contributed by atoms with Crippen molar-refractivity contribution in [2.24, 2.45) is 0 Å². The van der Waals surface area contributed by atoms with Crippen LogP contribution in [0.2, 0.25) is 0 Å². The summed E-state index contributed by atoms with van der Waals surface area (Å²) in [6, 6.07) is 3.66. The minimum atomic E-state index is 0.378. The molecule has 0 amide bonds. The van der Waals surface area contributed by atoms with Crippen LogP contribution < -0.4 is 9.47 Å². The lowest BCUT2D eigenvalue weighted by Gasteiger charge is -2.21. The Labute approximate surface area is 165 Å². The molecule has 0 unspecified atom stereocenters. The molecular formula is C21H27N3O4. The summed E-state index contributed by atoms with van der Waals surface area (Å²) in [5.41, 5.74) is 4.17. The number of rotatable bonds is 10. The number of carbonyl (C=O) groups excluding carboxylic acids is 1. The van der Waals surface area contributed by atoms with E-state index in [2.05, 4.69) is 23.1 Å². The van der Waals surface area contributed by atoms with Crippen molar-refractivity contribution in [2.75, 3.05) is 26.9 Å². The first-order valence-corrected chi connectivity index (χ1v) is 9.69. The van der Waals surface area contributed by atoms with Gasteiger partial charge < -0.3 is 14.2 Å². The first-order valence-electron chi connectivity index (χ1n) is 9.69. The van der Waals surface area contributed by atoms with Crippen LogP contribution in [0, 0.1) is 0 Å². The van der Waals surface area contributed by atoms with Crippen molar-refractivity contribution in [3.63, 3.8) is 0 Å². The van der Waals surface area contributed by atoms with E-state index in [4.69, 9.17) is 14.2 Å². The molecule has 28 heavy (non-hydrogen) atoms. The molecule has 1 aliphatic rings. The van der Waals surface area contributed by atoms with Crippen LogP contribution in [0.15, 0.2) is 30.1 Å². The Hall–Kier alpha value is -2.67. The average Bonchev–Trinajstić information content (AvgIpc) is 3.21. The predicted octanol–water partition coefficient (Wildman–Crippen LogP) is 3.54. The van der Waals surface area contributed by atoms with Crippen LogP contribution in [0.1, 0.15) is 48.7 Å². The number of carbonyl (C=O) groups is 1. The Bertz CT molecular complexity index is 829. The molecule has 0 saturated heterocycles. The number of allylic oxidation sites excluding steroid dienone is 1. The molecule has 0 aromatic carbocycles. The molecule has 0 saturated carbocycles. The first kappa shape index (κ1) is 20.1. The van der Waals surface area contributed by atoms with E-state index in [1.807, 2.05) is 10.9 Å². The van der Waals surface area contributed by atoms with Crippen LogP contribution in [-0.2, 0) is 11.3 Å². The molecule has 0 radical (unpaired) electrons. The Balaban J connectivity index is 1.75. The fourth-order valence-corrected chi connectivity index (χ4v) is 3.40. The van der Waals surface area contributed by atoms with Gasteiger partial charge in [0, 0.05) is 25.9 Å². The fraction of sp³-hybridized carbons (Fsp3) is 0.476. The molecule has 1 aliphatic carbocycles. The highest BCUT2D eigenvalue weighted by atomic mass is 16.5. The standard InChI is InChI=1S/C21H27N3O4/c1-3-24-19(8-9-23-24)18-7-5-4-6-16(18)15-28-20-13-22-21(12-17(20)14-25)27-11-10-26-2/h8-9,12-14H,3-7,10-11,15H2,1-2H3. The molecule has 150 valence electrons. The Morgan fingerprint density at radius 1 is 1.21 bits per heavy atom. The van der Waals surface area contributed by atoms with E-state index in [9.17, 15) is 4.79 Å². The lowest BCUT2D eigenvalue weighted by molar-refractivity contribution is 0.111. The average molecular weight is 385 g/mol. The topological polar surface area (TPSA) is 75.5 Å². The number of ether oxygens (including phenoxy) is 3. The van der Waals surface area contributed by atoms with Gasteiger partial charge in [0.1, 0.15) is 19.0 Å². The summed E-state index contributed by atoms with van der Waals surface area (Å²) in [5, 5.41) is 4.39. The van der Waals surface area contributed by atoms with Gasteiger partial charge in [-0.25, -0.2) is 4.98 Å². The van der Waals surface area contributed by atoms with Crippen molar-refractivity contribution in [1.82, 2.24) is 14.8 Å². The van der Waals surface area contributed by atoms with Gasteiger partial charge in [-0.1, -0.05) is 0 Å². The third-order valence-electron chi connectivity index (χ3n) is 4.85. The zero-order valence-corrected chi connectivity index (χ0v) is 16.5. The SMILES string of the molecule is CCn1nccc1C1=C(COc2cnc(OCCOC)cc2C=O)CCCC1. The van der Waals surface area contributed by atoms with Crippen LogP contribution in [0.3, 0.4) is 0 Å². The van der Waals surface area contributed by atoms with Crippen LogP contribution >= 0.6 is 0 Å². The number of aldehydes is 1. The van der Waals surface area contributed by atoms with Crippen molar-refractivity contribution in [1.29, 1.82) is 0 Å². The molecular weight excluding hydrogens is 358 g/mol. The summed E-state index contributed by atoms with van der Waals surface area (Å²) in [5.74, 6) is 0.853. The van der Waals surface area contributed by atoms with Crippen molar-refractivity contribution in [3.8, 4) is 11.6 Å². The molecule has 3 rings (SSSR count). The molecule has 2 aromatic rings. The molecule has 2 heterocycles. The molecule has 0 bridgehead atoms. The maximum absolute atomic E-state index is 11.5. The molecule has 0 aliphatic heterocycles. The second-order valence-electron chi connectivity index (χ2n) is 6.63. The van der Waals surface area contributed by atoms with E-state index >= 15 is 0 Å². The lowest BCUT2D eigenvalue weighted by atomic mass is 9.90. The predicted molar refractivity (Wildman–Crippen MR) is 106 cm³/mol. The third-order valence-corrected chi connectivity index (χ3v) is 4.85. The van der Waals surface area contributed by atoms with Crippen molar-refractivity contribution < 1.29 is 19.0 Å². The highest BCUT2D eigenvalue weighted by molar-refractivity contribution is 5.79. The minimum absolute atomic E-state index is 0.378. The first-order chi connectivity index (χ1) is 13.8. The fourth-order valence-electron chi connectivity index (χ4n) is 3.40. The molecule has 0 fully saturated rings. The van der Waals surface area contributed by atoms with E-state index in [0.29, 0.717) is 37.0 Å². The number of nitrogens with zero attached hydrogens (tertiary/aromatic N) is 3. The Morgan fingerprint density at radius 3 is 2.86 bits per heavy atom. The van der Waals surface area contributed by atoms with Crippen LogP contribution in [0.5, 0.6) is 11.6 Å². The van der Waals surface area contributed by atoms with E-state index in [1.54, 1.807) is 19.4 Å². The van der Waals surface area contributed by atoms with Gasteiger partial charge in [-0.15, -0.1) is 0 Å². The summed E-state index contributed by atoms with van der Waals surface area (Å²) in [6.45, 7) is 4.21. The number of hydrogen-bond donors (Lipinski definition) is 0. The van der Waals surface area contributed by atoms with Crippen LogP contribution in [0.25, 0.3) is 5.57 Å². The summed E-state index contributed by atoms with van der Waals surface area (Å²) in [7, 11) is 1.60. The molecule has 7 heteroatoms. The summed E-state index contributed by atoms with van der Waals surface area (Å²) in [6.07, 6.45) is 8.49. The zero-order chi connectivity index (χ0) is 19.8. The molecule has 0 spiro atoms. The second kappa shape index (κ2) is 10.0. The van der Waals surface area contributed by atoms with Crippen molar-refractivity contribution >= 4 is 11.9 Å². The van der Waals surface area contributed by atoms with Gasteiger partial charge in [0.15, 0.2) is 6.29 Å². The molecule has 2 aromatic heterocycles. The number of hydrogen-bond acceptors (Lipinski definition) is 6.